The Morgan fingerprint density at radius 2 is 1.88 bits per heavy atom. The predicted molar refractivity (Wildman–Crippen MR) is 56.1 cm³/mol. The van der Waals surface area contributed by atoms with Crippen LogP contribution < -0.4 is 0 Å². The second-order valence-corrected chi connectivity index (χ2v) is 5.67. The highest BCUT2D eigenvalue weighted by Crippen LogP contribution is 2.34. The summed E-state index contributed by atoms with van der Waals surface area (Å²) >= 11 is 0. The minimum atomic E-state index is -4.50. The average Bonchev–Trinajstić information content (AvgIpc) is 2.49. The number of hydrogen-bond donors (Lipinski definition) is 1. The highest BCUT2D eigenvalue weighted by Gasteiger charge is 2.41. The first-order valence-corrected chi connectivity index (χ1v) is 5.58. The molecule has 2 atom stereocenters. The molecule has 2 nitrogen and oxygen atoms in total. The van der Waals surface area contributed by atoms with Gasteiger partial charge in [-0.1, -0.05) is 20.8 Å². The van der Waals surface area contributed by atoms with Gasteiger partial charge in [0.25, 0.3) is 0 Å². The molecular weight excluding hydrogens is 219 g/mol. The second-order valence-electron chi connectivity index (χ2n) is 5.67. The molecule has 96 valence electrons. The number of β-amino-alcohol motifs (C(OH)–C–C–N with tert-alkyl or cyclic N) is 1. The molecule has 1 saturated heterocycles. The van der Waals surface area contributed by atoms with Crippen molar-refractivity contribution in [2.45, 2.75) is 39.5 Å². The molecule has 1 aliphatic heterocycles. The summed E-state index contributed by atoms with van der Waals surface area (Å²) in [6, 6.07) is 0. The van der Waals surface area contributed by atoms with Crippen molar-refractivity contribution in [3.63, 3.8) is 0 Å². The number of rotatable bonds is 2. The van der Waals surface area contributed by atoms with Crippen LogP contribution in [0.15, 0.2) is 0 Å². The Labute approximate surface area is 94.4 Å². The van der Waals surface area contributed by atoms with Crippen LogP contribution in [-0.2, 0) is 0 Å². The maximum Gasteiger partial charge on any atom is 0.415 e. The molecule has 0 aromatic carbocycles. The SMILES string of the molecule is CC(C)(C)C1CCN(CC(O)C(F)(F)F)C1. The molecule has 1 fully saturated rings. The van der Waals surface area contributed by atoms with Gasteiger partial charge in [-0.3, -0.25) is 0 Å². The summed E-state index contributed by atoms with van der Waals surface area (Å²) in [4.78, 5) is 1.70. The Morgan fingerprint density at radius 1 is 1.31 bits per heavy atom. The van der Waals surface area contributed by atoms with Gasteiger partial charge in [0.2, 0.25) is 0 Å². The number of alkyl halides is 3. The van der Waals surface area contributed by atoms with Crippen LogP contribution in [0.25, 0.3) is 0 Å². The normalized spacial score (nSPS) is 26.1. The minimum absolute atomic E-state index is 0.123. The monoisotopic (exact) mass is 239 g/mol. The molecule has 16 heavy (non-hydrogen) atoms. The zero-order valence-electron chi connectivity index (χ0n) is 10.0. The quantitative estimate of drug-likeness (QED) is 0.799. The van der Waals surface area contributed by atoms with Gasteiger partial charge < -0.3 is 10.0 Å². The van der Waals surface area contributed by atoms with Crippen molar-refractivity contribution < 1.29 is 18.3 Å². The molecule has 0 amide bonds. The molecule has 5 heteroatoms. The summed E-state index contributed by atoms with van der Waals surface area (Å²) in [5.41, 5.74) is 0.123. The van der Waals surface area contributed by atoms with Crippen molar-refractivity contribution in [1.29, 1.82) is 0 Å². The van der Waals surface area contributed by atoms with E-state index in [0.717, 1.165) is 6.42 Å². The van der Waals surface area contributed by atoms with Crippen LogP contribution in [0.4, 0.5) is 13.2 Å². The number of likely N-dealkylation sites (tertiary alicyclic amines) is 1. The summed E-state index contributed by atoms with van der Waals surface area (Å²) in [6.07, 6.45) is -5.81. The standard InChI is InChI=1S/C11H20F3NO/c1-10(2,3)8-4-5-15(6-8)7-9(16)11(12,13)14/h8-9,16H,4-7H2,1-3H3. The van der Waals surface area contributed by atoms with Crippen molar-refractivity contribution >= 4 is 0 Å². The van der Waals surface area contributed by atoms with E-state index < -0.39 is 12.3 Å². The lowest BCUT2D eigenvalue weighted by molar-refractivity contribution is -0.207. The van der Waals surface area contributed by atoms with Gasteiger partial charge in [-0.05, 0) is 24.3 Å². The molecule has 0 aliphatic carbocycles. The lowest BCUT2D eigenvalue weighted by atomic mass is 9.80. The van der Waals surface area contributed by atoms with Gasteiger partial charge in [0, 0.05) is 13.1 Å². The van der Waals surface area contributed by atoms with E-state index in [9.17, 15) is 13.2 Å². The third kappa shape index (κ3) is 3.63. The van der Waals surface area contributed by atoms with Gasteiger partial charge in [0.05, 0.1) is 0 Å². The van der Waals surface area contributed by atoms with Crippen LogP contribution >= 0.6 is 0 Å². The van der Waals surface area contributed by atoms with E-state index in [4.69, 9.17) is 5.11 Å². The molecule has 2 unspecified atom stereocenters. The Hall–Kier alpha value is -0.290. The highest BCUT2D eigenvalue weighted by molar-refractivity contribution is 4.85. The van der Waals surface area contributed by atoms with E-state index in [1.807, 2.05) is 0 Å². The number of aliphatic hydroxyl groups is 1. The summed E-state index contributed by atoms with van der Waals surface area (Å²) < 4.78 is 36.5. The fourth-order valence-corrected chi connectivity index (χ4v) is 2.05. The average molecular weight is 239 g/mol. The van der Waals surface area contributed by atoms with Gasteiger partial charge in [-0.15, -0.1) is 0 Å². The molecule has 0 radical (unpaired) electrons. The van der Waals surface area contributed by atoms with Crippen molar-refractivity contribution in [2.75, 3.05) is 19.6 Å². The zero-order chi connectivity index (χ0) is 12.6. The molecule has 1 aliphatic rings. The Balaban J connectivity index is 2.43. The third-order valence-corrected chi connectivity index (χ3v) is 3.31. The first-order valence-electron chi connectivity index (χ1n) is 5.58. The third-order valence-electron chi connectivity index (χ3n) is 3.31. The summed E-state index contributed by atoms with van der Waals surface area (Å²) in [6.45, 7) is 7.30. The molecule has 0 spiro atoms. The van der Waals surface area contributed by atoms with Crippen LogP contribution in [-0.4, -0.2) is 41.9 Å². The summed E-state index contributed by atoms with van der Waals surface area (Å²) in [5, 5.41) is 8.97. The minimum Gasteiger partial charge on any atom is -0.382 e. The second kappa shape index (κ2) is 4.53. The van der Waals surface area contributed by atoms with E-state index in [1.165, 1.54) is 0 Å². The van der Waals surface area contributed by atoms with E-state index in [0.29, 0.717) is 19.0 Å². The Kier molecular flexibility index (Phi) is 3.90. The van der Waals surface area contributed by atoms with Crippen LogP contribution in [0.3, 0.4) is 0 Å². The number of halogens is 3. The summed E-state index contributed by atoms with van der Waals surface area (Å²) in [5.74, 6) is 0.410. The Bertz CT molecular complexity index is 234. The molecule has 1 rings (SSSR count). The Morgan fingerprint density at radius 3 is 2.25 bits per heavy atom. The van der Waals surface area contributed by atoms with Crippen molar-refractivity contribution in [2.24, 2.45) is 11.3 Å². The van der Waals surface area contributed by atoms with Crippen LogP contribution in [0.1, 0.15) is 27.2 Å². The van der Waals surface area contributed by atoms with Gasteiger partial charge >= 0.3 is 6.18 Å². The van der Waals surface area contributed by atoms with E-state index >= 15 is 0 Å². The van der Waals surface area contributed by atoms with E-state index in [1.54, 1.807) is 4.90 Å². The van der Waals surface area contributed by atoms with Crippen LogP contribution in [0.2, 0.25) is 0 Å². The molecule has 0 aromatic heterocycles. The van der Waals surface area contributed by atoms with Crippen LogP contribution in [0.5, 0.6) is 0 Å². The van der Waals surface area contributed by atoms with Gasteiger partial charge in [-0.2, -0.15) is 13.2 Å². The predicted octanol–water partition coefficient (Wildman–Crippen LogP) is 2.28. The molecule has 1 N–H and O–H groups in total. The van der Waals surface area contributed by atoms with Gasteiger partial charge in [0.1, 0.15) is 0 Å². The van der Waals surface area contributed by atoms with Crippen LogP contribution in [0, 0.1) is 11.3 Å². The first kappa shape index (κ1) is 13.8. The van der Waals surface area contributed by atoms with E-state index in [-0.39, 0.29) is 12.0 Å². The maximum absolute atomic E-state index is 12.2. The molecule has 0 saturated carbocycles. The summed E-state index contributed by atoms with van der Waals surface area (Å²) in [7, 11) is 0. The van der Waals surface area contributed by atoms with Crippen molar-refractivity contribution in [3.8, 4) is 0 Å². The zero-order valence-corrected chi connectivity index (χ0v) is 10.0. The van der Waals surface area contributed by atoms with Crippen molar-refractivity contribution in [3.05, 3.63) is 0 Å². The topological polar surface area (TPSA) is 23.5 Å². The first-order chi connectivity index (χ1) is 7.10. The number of hydrogen-bond acceptors (Lipinski definition) is 2. The largest absolute Gasteiger partial charge is 0.415 e. The lowest BCUT2D eigenvalue weighted by Gasteiger charge is -2.27. The van der Waals surface area contributed by atoms with Crippen molar-refractivity contribution in [1.82, 2.24) is 4.90 Å². The fraction of sp³-hybridized carbons (Fsp3) is 1.00. The smallest absolute Gasteiger partial charge is 0.382 e. The number of aliphatic hydroxyl groups excluding tert-OH is 1. The molecular formula is C11H20F3NO. The molecule has 0 bridgehead atoms. The van der Waals surface area contributed by atoms with E-state index in [2.05, 4.69) is 20.8 Å². The molecule has 0 aromatic rings. The fourth-order valence-electron chi connectivity index (χ4n) is 2.05. The van der Waals surface area contributed by atoms with Gasteiger partial charge in [-0.25, -0.2) is 0 Å². The maximum atomic E-state index is 12.2. The lowest BCUT2D eigenvalue weighted by Crippen LogP contribution is -2.40. The molecule has 1 heterocycles. The van der Waals surface area contributed by atoms with Gasteiger partial charge in [0.15, 0.2) is 6.10 Å². The number of nitrogens with zero attached hydrogens (tertiary/aromatic N) is 1. The highest BCUT2D eigenvalue weighted by atomic mass is 19.4.